The quantitative estimate of drug-likeness (QED) is 0.545. The molecule has 1 saturated heterocycles. The highest BCUT2D eigenvalue weighted by molar-refractivity contribution is 5.95. The van der Waals surface area contributed by atoms with Crippen LogP contribution in [-0.2, 0) is 4.74 Å². The summed E-state index contributed by atoms with van der Waals surface area (Å²) in [6, 6.07) is 14.2. The molecule has 4 heterocycles. The molecule has 0 saturated carbocycles. The van der Waals surface area contributed by atoms with E-state index in [4.69, 9.17) is 4.74 Å². The number of morpholine rings is 1. The largest absolute Gasteiger partial charge is 0.378 e. The number of aryl methyl sites for hydroxylation is 1. The van der Waals surface area contributed by atoms with Gasteiger partial charge in [-0.15, -0.1) is 0 Å². The maximum Gasteiger partial charge on any atom is 0.251 e. The fourth-order valence-electron chi connectivity index (χ4n) is 4.29. The van der Waals surface area contributed by atoms with Gasteiger partial charge >= 0.3 is 0 Å². The number of hydrogen-bond donors (Lipinski definition) is 1. The van der Waals surface area contributed by atoms with Crippen molar-refractivity contribution in [2.24, 2.45) is 0 Å². The minimum Gasteiger partial charge on any atom is -0.378 e. The van der Waals surface area contributed by atoms with Crippen LogP contribution in [0, 0.1) is 6.92 Å². The molecule has 1 N–H and O–H groups in total. The molecule has 0 radical (unpaired) electrons. The maximum absolute atomic E-state index is 13.0. The van der Waals surface area contributed by atoms with Crippen molar-refractivity contribution >= 4 is 16.7 Å². The highest BCUT2D eigenvalue weighted by Gasteiger charge is 2.16. The van der Waals surface area contributed by atoms with Gasteiger partial charge in [0.2, 0.25) is 0 Å². The second-order valence-electron chi connectivity index (χ2n) is 8.14. The highest BCUT2D eigenvalue weighted by Crippen LogP contribution is 2.30. The Hall–Kier alpha value is -3.38. The third-order valence-electron chi connectivity index (χ3n) is 6.09. The molecule has 1 fully saturated rings. The van der Waals surface area contributed by atoms with Gasteiger partial charge in [-0.05, 0) is 37.1 Å². The second kappa shape index (κ2) is 8.04. The SMILES string of the molecule is Cc1cccc(C(C)n2ccc(-c3c[nH]c4ncc(N5CCOCC5)cc34)cc2=O)c1. The van der Waals surface area contributed by atoms with E-state index in [2.05, 4.69) is 53.0 Å². The summed E-state index contributed by atoms with van der Waals surface area (Å²) in [6.45, 7) is 7.31. The van der Waals surface area contributed by atoms with E-state index in [1.54, 1.807) is 10.6 Å². The Morgan fingerprint density at radius 3 is 2.74 bits per heavy atom. The number of benzene rings is 1. The summed E-state index contributed by atoms with van der Waals surface area (Å²) in [7, 11) is 0. The van der Waals surface area contributed by atoms with Crippen LogP contribution in [0.4, 0.5) is 5.69 Å². The summed E-state index contributed by atoms with van der Waals surface area (Å²) < 4.78 is 7.25. The molecule has 6 nitrogen and oxygen atoms in total. The van der Waals surface area contributed by atoms with Crippen molar-refractivity contribution in [3.63, 3.8) is 0 Å². The van der Waals surface area contributed by atoms with E-state index in [1.807, 2.05) is 30.7 Å². The summed E-state index contributed by atoms with van der Waals surface area (Å²) in [5.41, 5.74) is 6.09. The van der Waals surface area contributed by atoms with Crippen LogP contribution in [0.2, 0.25) is 0 Å². The summed E-state index contributed by atoms with van der Waals surface area (Å²) in [5.74, 6) is 0. The molecule has 0 amide bonds. The number of aromatic amines is 1. The van der Waals surface area contributed by atoms with Crippen molar-refractivity contribution < 1.29 is 4.74 Å². The van der Waals surface area contributed by atoms with Crippen LogP contribution in [0.5, 0.6) is 0 Å². The topological polar surface area (TPSA) is 63.1 Å². The molecular formula is C25H26N4O2. The Morgan fingerprint density at radius 2 is 1.97 bits per heavy atom. The van der Waals surface area contributed by atoms with E-state index in [0.717, 1.165) is 59.7 Å². The van der Waals surface area contributed by atoms with Crippen LogP contribution in [0.1, 0.15) is 24.1 Å². The average molecular weight is 415 g/mol. The van der Waals surface area contributed by atoms with Crippen molar-refractivity contribution in [3.05, 3.63) is 82.5 Å². The molecular weight excluding hydrogens is 388 g/mol. The molecule has 0 spiro atoms. The summed E-state index contributed by atoms with van der Waals surface area (Å²) in [5, 5.41) is 1.02. The van der Waals surface area contributed by atoms with Crippen molar-refractivity contribution in [1.82, 2.24) is 14.5 Å². The van der Waals surface area contributed by atoms with E-state index in [1.165, 1.54) is 5.56 Å². The average Bonchev–Trinajstić information content (AvgIpc) is 3.22. The van der Waals surface area contributed by atoms with Crippen molar-refractivity contribution in [1.29, 1.82) is 0 Å². The minimum absolute atomic E-state index is 0.0156. The Bertz CT molecular complexity index is 1280. The number of fused-ring (bicyclic) bond motifs is 1. The molecule has 0 bridgehead atoms. The molecule has 0 aliphatic carbocycles. The summed E-state index contributed by atoms with van der Waals surface area (Å²) >= 11 is 0. The Kier molecular flexibility index (Phi) is 5.08. The molecule has 6 heteroatoms. The van der Waals surface area contributed by atoms with E-state index < -0.39 is 0 Å². The number of H-pyrrole nitrogens is 1. The molecule has 1 aromatic carbocycles. The number of nitrogens with zero attached hydrogens (tertiary/aromatic N) is 3. The first-order valence-electron chi connectivity index (χ1n) is 10.7. The first-order valence-corrected chi connectivity index (χ1v) is 10.7. The van der Waals surface area contributed by atoms with Gasteiger partial charge in [-0.1, -0.05) is 29.8 Å². The van der Waals surface area contributed by atoms with Crippen LogP contribution in [0.15, 0.2) is 65.8 Å². The van der Waals surface area contributed by atoms with Crippen molar-refractivity contribution in [2.45, 2.75) is 19.9 Å². The minimum atomic E-state index is -0.0287. The molecule has 31 heavy (non-hydrogen) atoms. The lowest BCUT2D eigenvalue weighted by Gasteiger charge is -2.28. The molecule has 1 aliphatic heterocycles. The number of rotatable bonds is 4. The standard InChI is InChI=1S/C25H26N4O2/c1-17-4-3-5-19(12-17)18(2)29-7-6-20(13-24(29)30)23-16-27-25-22(23)14-21(15-26-25)28-8-10-31-11-9-28/h3-7,12-16,18H,8-11H2,1-2H3,(H,26,27). The summed E-state index contributed by atoms with van der Waals surface area (Å²) in [6.07, 6.45) is 5.72. The zero-order valence-electron chi connectivity index (χ0n) is 17.8. The van der Waals surface area contributed by atoms with Gasteiger partial charge in [-0.3, -0.25) is 4.79 Å². The first kappa shape index (κ1) is 19.6. The van der Waals surface area contributed by atoms with Crippen LogP contribution in [-0.4, -0.2) is 40.8 Å². The lowest BCUT2D eigenvalue weighted by Crippen LogP contribution is -2.36. The van der Waals surface area contributed by atoms with Crippen LogP contribution >= 0.6 is 0 Å². The van der Waals surface area contributed by atoms with E-state index in [9.17, 15) is 4.79 Å². The highest BCUT2D eigenvalue weighted by atomic mass is 16.5. The number of nitrogens with one attached hydrogen (secondary N) is 1. The van der Waals surface area contributed by atoms with Gasteiger partial charge in [0.1, 0.15) is 5.65 Å². The predicted octanol–water partition coefficient (Wildman–Crippen LogP) is 4.15. The number of hydrogen-bond acceptors (Lipinski definition) is 4. The van der Waals surface area contributed by atoms with Gasteiger partial charge in [0.15, 0.2) is 0 Å². The van der Waals surface area contributed by atoms with Crippen LogP contribution < -0.4 is 10.5 Å². The third-order valence-corrected chi connectivity index (χ3v) is 6.09. The molecule has 158 valence electrons. The van der Waals surface area contributed by atoms with Crippen LogP contribution in [0.3, 0.4) is 0 Å². The van der Waals surface area contributed by atoms with E-state index >= 15 is 0 Å². The van der Waals surface area contributed by atoms with E-state index in [0.29, 0.717) is 0 Å². The zero-order chi connectivity index (χ0) is 21.4. The fourth-order valence-corrected chi connectivity index (χ4v) is 4.29. The smallest absolute Gasteiger partial charge is 0.251 e. The van der Waals surface area contributed by atoms with Gasteiger partial charge in [-0.2, -0.15) is 0 Å². The molecule has 1 aliphatic rings. The monoisotopic (exact) mass is 414 g/mol. The van der Waals surface area contributed by atoms with Crippen molar-refractivity contribution in [3.8, 4) is 11.1 Å². The van der Waals surface area contributed by atoms with Gasteiger partial charge < -0.3 is 19.2 Å². The molecule has 1 unspecified atom stereocenters. The normalized spacial score (nSPS) is 15.4. The van der Waals surface area contributed by atoms with Gasteiger partial charge in [0.05, 0.1) is 31.1 Å². The molecule has 3 aromatic heterocycles. The Balaban J connectivity index is 1.50. The maximum atomic E-state index is 13.0. The lowest BCUT2D eigenvalue weighted by atomic mass is 10.0. The Labute approximate surface area is 181 Å². The fraction of sp³-hybridized carbons (Fsp3) is 0.280. The molecule has 5 rings (SSSR count). The lowest BCUT2D eigenvalue weighted by molar-refractivity contribution is 0.122. The van der Waals surface area contributed by atoms with Crippen LogP contribution in [0.25, 0.3) is 22.2 Å². The van der Waals surface area contributed by atoms with Crippen molar-refractivity contribution in [2.75, 3.05) is 31.2 Å². The van der Waals surface area contributed by atoms with Gasteiger partial charge in [0, 0.05) is 42.5 Å². The van der Waals surface area contributed by atoms with Gasteiger partial charge in [0.25, 0.3) is 5.56 Å². The number of ether oxygens (including phenoxy) is 1. The first-order chi connectivity index (χ1) is 15.1. The predicted molar refractivity (Wildman–Crippen MR) is 124 cm³/mol. The van der Waals surface area contributed by atoms with E-state index in [-0.39, 0.29) is 11.6 Å². The zero-order valence-corrected chi connectivity index (χ0v) is 17.8. The number of aromatic nitrogens is 3. The molecule has 4 aromatic rings. The number of pyridine rings is 2. The number of anilines is 1. The Morgan fingerprint density at radius 1 is 1.13 bits per heavy atom. The molecule has 1 atom stereocenters. The second-order valence-corrected chi connectivity index (χ2v) is 8.14. The third kappa shape index (κ3) is 3.75. The van der Waals surface area contributed by atoms with Gasteiger partial charge in [-0.25, -0.2) is 4.98 Å². The summed E-state index contributed by atoms with van der Waals surface area (Å²) in [4.78, 5) is 23.1.